The third-order valence-electron chi connectivity index (χ3n) is 2.07. The van der Waals surface area contributed by atoms with E-state index in [2.05, 4.69) is 30.2 Å². The molecule has 0 fully saturated rings. The largest absolute Gasteiger partial charge is 0.463 e. The van der Waals surface area contributed by atoms with Crippen LogP contribution in [0.25, 0.3) is 11.5 Å². The van der Waals surface area contributed by atoms with E-state index in [9.17, 15) is 0 Å². The molecular weight excluding hydrogens is 232 g/mol. The molecule has 0 saturated heterocycles. The monoisotopic (exact) mass is 246 g/mol. The highest BCUT2D eigenvalue weighted by Gasteiger charge is 2.09. The molecule has 2 rings (SSSR count). The molecule has 0 spiro atoms. The van der Waals surface area contributed by atoms with Gasteiger partial charge in [-0.15, -0.1) is 0 Å². The summed E-state index contributed by atoms with van der Waals surface area (Å²) in [4.78, 5) is 20.7. The number of ether oxygens (including phenoxy) is 1. The summed E-state index contributed by atoms with van der Waals surface area (Å²) in [5.41, 5.74) is 0.581. The van der Waals surface area contributed by atoms with Crippen LogP contribution in [-0.4, -0.2) is 38.6 Å². The molecule has 2 heterocycles. The van der Waals surface area contributed by atoms with Crippen molar-refractivity contribution in [1.82, 2.24) is 24.9 Å². The number of rotatable bonds is 5. The Kier molecular flexibility index (Phi) is 3.95. The Hall–Kier alpha value is -2.31. The zero-order valence-electron chi connectivity index (χ0n) is 10.3. The van der Waals surface area contributed by atoms with Crippen molar-refractivity contribution >= 4 is 5.95 Å². The molecule has 0 aliphatic carbocycles. The van der Waals surface area contributed by atoms with Crippen LogP contribution >= 0.6 is 0 Å². The first-order valence-corrected chi connectivity index (χ1v) is 5.66. The van der Waals surface area contributed by atoms with Crippen LogP contribution in [-0.2, 0) is 0 Å². The molecular formula is C11H14N6O. The Morgan fingerprint density at radius 3 is 2.78 bits per heavy atom. The Morgan fingerprint density at radius 1 is 1.22 bits per heavy atom. The molecule has 2 aromatic rings. The van der Waals surface area contributed by atoms with Crippen LogP contribution in [0.1, 0.15) is 13.3 Å². The maximum Gasteiger partial charge on any atom is 0.321 e. The predicted molar refractivity (Wildman–Crippen MR) is 66.2 cm³/mol. The van der Waals surface area contributed by atoms with Gasteiger partial charge in [-0.2, -0.15) is 15.0 Å². The van der Waals surface area contributed by atoms with E-state index in [1.807, 2.05) is 6.92 Å². The molecule has 0 atom stereocenters. The third kappa shape index (κ3) is 2.88. The van der Waals surface area contributed by atoms with Crippen molar-refractivity contribution in [2.24, 2.45) is 0 Å². The molecule has 1 N–H and O–H groups in total. The second-order valence-corrected chi connectivity index (χ2v) is 3.45. The highest BCUT2D eigenvalue weighted by molar-refractivity contribution is 5.49. The minimum atomic E-state index is 0.289. The summed E-state index contributed by atoms with van der Waals surface area (Å²) in [7, 11) is 1.74. The van der Waals surface area contributed by atoms with Gasteiger partial charge in [0.15, 0.2) is 5.82 Å². The first-order valence-electron chi connectivity index (χ1n) is 5.66. The van der Waals surface area contributed by atoms with Crippen LogP contribution in [0.5, 0.6) is 6.01 Å². The third-order valence-corrected chi connectivity index (χ3v) is 2.07. The number of hydrogen-bond donors (Lipinski definition) is 1. The van der Waals surface area contributed by atoms with Crippen molar-refractivity contribution in [3.63, 3.8) is 0 Å². The Balaban J connectivity index is 2.35. The molecule has 2 aromatic heterocycles. The zero-order chi connectivity index (χ0) is 12.8. The molecule has 0 aliphatic heterocycles. The SMILES string of the molecule is CCCOc1nc(NC)nc(-c2cnccn2)n1. The smallest absolute Gasteiger partial charge is 0.321 e. The normalized spacial score (nSPS) is 10.1. The lowest BCUT2D eigenvalue weighted by Crippen LogP contribution is -2.06. The second kappa shape index (κ2) is 5.85. The quantitative estimate of drug-likeness (QED) is 0.847. The van der Waals surface area contributed by atoms with Gasteiger partial charge < -0.3 is 10.1 Å². The molecule has 0 unspecified atom stereocenters. The van der Waals surface area contributed by atoms with Gasteiger partial charge in [0, 0.05) is 19.4 Å². The van der Waals surface area contributed by atoms with Crippen molar-refractivity contribution in [2.75, 3.05) is 19.0 Å². The number of nitrogens with zero attached hydrogens (tertiary/aromatic N) is 5. The Bertz CT molecular complexity index is 504. The first kappa shape index (κ1) is 12.2. The van der Waals surface area contributed by atoms with E-state index in [4.69, 9.17) is 4.74 Å². The van der Waals surface area contributed by atoms with Gasteiger partial charge in [0.2, 0.25) is 5.95 Å². The summed E-state index contributed by atoms with van der Waals surface area (Å²) in [6.45, 7) is 2.58. The molecule has 0 saturated carbocycles. The second-order valence-electron chi connectivity index (χ2n) is 3.45. The highest BCUT2D eigenvalue weighted by Crippen LogP contribution is 2.15. The van der Waals surface area contributed by atoms with E-state index in [0.29, 0.717) is 24.1 Å². The van der Waals surface area contributed by atoms with Crippen LogP contribution in [0.15, 0.2) is 18.6 Å². The first-order chi connectivity index (χ1) is 8.83. The molecule has 7 heteroatoms. The lowest BCUT2D eigenvalue weighted by molar-refractivity contribution is 0.292. The summed E-state index contributed by atoms with van der Waals surface area (Å²) < 4.78 is 5.41. The summed E-state index contributed by atoms with van der Waals surface area (Å²) in [5.74, 6) is 0.880. The maximum atomic E-state index is 5.41. The number of aromatic nitrogens is 5. The molecule has 18 heavy (non-hydrogen) atoms. The van der Waals surface area contributed by atoms with Gasteiger partial charge in [-0.25, -0.2) is 4.98 Å². The van der Waals surface area contributed by atoms with E-state index < -0.39 is 0 Å². The fourth-order valence-electron chi connectivity index (χ4n) is 1.26. The van der Waals surface area contributed by atoms with E-state index in [0.717, 1.165) is 6.42 Å². The van der Waals surface area contributed by atoms with Gasteiger partial charge in [-0.05, 0) is 6.42 Å². The van der Waals surface area contributed by atoms with Gasteiger partial charge in [0.05, 0.1) is 12.8 Å². The molecule has 0 aliphatic rings. The average Bonchev–Trinajstić information content (AvgIpc) is 2.45. The van der Waals surface area contributed by atoms with Gasteiger partial charge in [0.25, 0.3) is 0 Å². The maximum absolute atomic E-state index is 5.41. The van der Waals surface area contributed by atoms with Crippen LogP contribution in [0, 0.1) is 0 Å². The highest BCUT2D eigenvalue weighted by atomic mass is 16.5. The predicted octanol–water partition coefficient (Wildman–Crippen LogP) is 1.16. The standard InChI is InChI=1S/C11H14N6O/c1-3-6-18-11-16-9(15-10(12-2)17-11)8-7-13-4-5-14-8/h4-5,7H,3,6H2,1-2H3,(H,12,15,16,17). The van der Waals surface area contributed by atoms with Crippen LogP contribution in [0.3, 0.4) is 0 Å². The Labute approximate surface area is 105 Å². The Morgan fingerprint density at radius 2 is 2.11 bits per heavy atom. The van der Waals surface area contributed by atoms with Crippen molar-refractivity contribution in [2.45, 2.75) is 13.3 Å². The molecule has 7 nitrogen and oxygen atoms in total. The van der Waals surface area contributed by atoms with Crippen molar-refractivity contribution in [3.8, 4) is 17.5 Å². The molecule has 0 amide bonds. The average molecular weight is 246 g/mol. The fraction of sp³-hybridized carbons (Fsp3) is 0.364. The number of nitrogens with one attached hydrogen (secondary N) is 1. The van der Waals surface area contributed by atoms with Gasteiger partial charge in [-0.1, -0.05) is 6.92 Å². The summed E-state index contributed by atoms with van der Waals surface area (Å²) in [5, 5.41) is 2.86. The van der Waals surface area contributed by atoms with E-state index >= 15 is 0 Å². The van der Waals surface area contributed by atoms with Gasteiger partial charge in [0.1, 0.15) is 5.69 Å². The van der Waals surface area contributed by atoms with E-state index in [1.165, 1.54) is 0 Å². The van der Waals surface area contributed by atoms with Gasteiger partial charge in [-0.3, -0.25) is 4.98 Å². The lowest BCUT2D eigenvalue weighted by atomic mass is 10.4. The topological polar surface area (TPSA) is 85.7 Å². The van der Waals surface area contributed by atoms with Crippen molar-refractivity contribution in [1.29, 1.82) is 0 Å². The summed E-state index contributed by atoms with van der Waals surface area (Å²) >= 11 is 0. The fourth-order valence-corrected chi connectivity index (χ4v) is 1.26. The molecule has 94 valence electrons. The molecule has 0 bridgehead atoms. The summed E-state index contributed by atoms with van der Waals surface area (Å²) in [6.07, 6.45) is 5.67. The minimum Gasteiger partial charge on any atom is -0.463 e. The van der Waals surface area contributed by atoms with E-state index in [-0.39, 0.29) is 6.01 Å². The van der Waals surface area contributed by atoms with Crippen LogP contribution in [0.4, 0.5) is 5.95 Å². The molecule has 0 aromatic carbocycles. The number of anilines is 1. The summed E-state index contributed by atoms with van der Waals surface area (Å²) in [6, 6.07) is 0.289. The van der Waals surface area contributed by atoms with E-state index in [1.54, 1.807) is 25.6 Å². The van der Waals surface area contributed by atoms with Crippen LogP contribution < -0.4 is 10.1 Å². The van der Waals surface area contributed by atoms with Crippen molar-refractivity contribution in [3.05, 3.63) is 18.6 Å². The minimum absolute atomic E-state index is 0.289. The molecule has 0 radical (unpaired) electrons. The van der Waals surface area contributed by atoms with Gasteiger partial charge >= 0.3 is 6.01 Å². The van der Waals surface area contributed by atoms with Crippen molar-refractivity contribution < 1.29 is 4.74 Å². The number of hydrogen-bond acceptors (Lipinski definition) is 7. The van der Waals surface area contributed by atoms with Crippen LogP contribution in [0.2, 0.25) is 0 Å². The zero-order valence-corrected chi connectivity index (χ0v) is 10.3. The lowest BCUT2D eigenvalue weighted by Gasteiger charge is -2.06.